The summed E-state index contributed by atoms with van der Waals surface area (Å²) in [7, 11) is 0. The number of hydrogen-bond donors (Lipinski definition) is 1. The van der Waals surface area contributed by atoms with Crippen LogP contribution in [0.1, 0.15) is 33.3 Å². The fourth-order valence-electron chi connectivity index (χ4n) is 2.88. The monoisotopic (exact) mass is 316 g/mol. The first-order valence-corrected chi connectivity index (χ1v) is 8.36. The molecule has 2 aromatic rings. The van der Waals surface area contributed by atoms with E-state index in [1.165, 1.54) is 12.0 Å². The fourth-order valence-corrected chi connectivity index (χ4v) is 3.45. The zero-order valence-corrected chi connectivity index (χ0v) is 13.5. The van der Waals surface area contributed by atoms with E-state index in [1.54, 1.807) is 0 Å². The van der Waals surface area contributed by atoms with E-state index in [1.807, 2.05) is 6.92 Å². The van der Waals surface area contributed by atoms with Crippen LogP contribution in [0, 0.1) is 6.92 Å². The van der Waals surface area contributed by atoms with E-state index < -0.39 is 0 Å². The van der Waals surface area contributed by atoms with Crippen LogP contribution in [0.25, 0.3) is 0 Å². The number of benzene rings is 1. The second kappa shape index (κ2) is 6.98. The molecule has 1 fully saturated rings. The van der Waals surface area contributed by atoms with Crippen LogP contribution in [-0.2, 0) is 0 Å². The molecule has 2 heterocycles. The molecule has 0 aliphatic carbocycles. The zero-order valence-electron chi connectivity index (χ0n) is 12.7. The summed E-state index contributed by atoms with van der Waals surface area (Å²) in [5.74, 6) is 0.552. The molecule has 5 nitrogen and oxygen atoms in total. The van der Waals surface area contributed by atoms with E-state index >= 15 is 0 Å². The molecule has 3 rings (SSSR count). The van der Waals surface area contributed by atoms with Gasteiger partial charge in [-0.2, -0.15) is 0 Å². The summed E-state index contributed by atoms with van der Waals surface area (Å²) >= 11 is 1.15. The van der Waals surface area contributed by atoms with Crippen molar-refractivity contribution in [1.29, 1.82) is 0 Å². The van der Waals surface area contributed by atoms with Crippen molar-refractivity contribution in [2.75, 3.05) is 26.2 Å². The van der Waals surface area contributed by atoms with Crippen LogP contribution in [-0.4, -0.2) is 46.6 Å². The van der Waals surface area contributed by atoms with Crippen molar-refractivity contribution < 1.29 is 4.79 Å². The molecule has 6 heteroatoms. The molecule has 116 valence electrons. The van der Waals surface area contributed by atoms with Gasteiger partial charge in [0.15, 0.2) is 0 Å². The summed E-state index contributed by atoms with van der Waals surface area (Å²) < 4.78 is 3.79. The van der Waals surface area contributed by atoms with Gasteiger partial charge in [-0.3, -0.25) is 4.79 Å². The molecule has 1 amide bonds. The number of aryl methyl sites for hydroxylation is 1. The van der Waals surface area contributed by atoms with Gasteiger partial charge in [-0.1, -0.05) is 34.8 Å². The van der Waals surface area contributed by atoms with Crippen LogP contribution in [0.4, 0.5) is 0 Å². The number of hydrogen-bond acceptors (Lipinski definition) is 5. The topological polar surface area (TPSA) is 58.1 Å². The molecule has 1 atom stereocenters. The minimum absolute atomic E-state index is 0.0636. The molecule has 22 heavy (non-hydrogen) atoms. The number of likely N-dealkylation sites (tertiary alicyclic amines) is 1. The van der Waals surface area contributed by atoms with Gasteiger partial charge >= 0.3 is 0 Å². The van der Waals surface area contributed by atoms with Crippen molar-refractivity contribution in [3.8, 4) is 0 Å². The first-order chi connectivity index (χ1) is 10.7. The van der Waals surface area contributed by atoms with Gasteiger partial charge in [0.2, 0.25) is 0 Å². The van der Waals surface area contributed by atoms with E-state index in [2.05, 4.69) is 50.1 Å². The van der Waals surface area contributed by atoms with Gasteiger partial charge in [0.05, 0.1) is 5.69 Å². The smallest absolute Gasteiger partial charge is 0.264 e. The Hall–Kier alpha value is -1.79. The SMILES string of the molecule is Cc1nnsc1C(=O)NCCN1CCC(c2ccccc2)C1. The van der Waals surface area contributed by atoms with Crippen LogP contribution in [0.2, 0.25) is 0 Å². The third-order valence-electron chi connectivity index (χ3n) is 4.11. The highest BCUT2D eigenvalue weighted by Crippen LogP contribution is 2.26. The van der Waals surface area contributed by atoms with Crippen molar-refractivity contribution in [3.05, 3.63) is 46.5 Å². The molecule has 1 aromatic carbocycles. The van der Waals surface area contributed by atoms with Gasteiger partial charge in [-0.15, -0.1) is 5.10 Å². The van der Waals surface area contributed by atoms with Crippen molar-refractivity contribution in [1.82, 2.24) is 19.8 Å². The maximum Gasteiger partial charge on any atom is 0.264 e. The number of carbonyl (C=O) groups is 1. The molecule has 0 bridgehead atoms. The first-order valence-electron chi connectivity index (χ1n) is 7.58. The van der Waals surface area contributed by atoms with Crippen molar-refractivity contribution >= 4 is 17.4 Å². The predicted octanol–water partition coefficient (Wildman–Crippen LogP) is 2.07. The lowest BCUT2D eigenvalue weighted by atomic mass is 9.99. The largest absolute Gasteiger partial charge is 0.350 e. The maximum atomic E-state index is 12.0. The van der Waals surface area contributed by atoms with Gasteiger partial charge in [0.1, 0.15) is 4.88 Å². The van der Waals surface area contributed by atoms with Crippen molar-refractivity contribution in [2.45, 2.75) is 19.3 Å². The summed E-state index contributed by atoms with van der Waals surface area (Å²) in [6.45, 7) is 5.53. The molecule has 1 aliphatic heterocycles. The highest BCUT2D eigenvalue weighted by molar-refractivity contribution is 7.07. The van der Waals surface area contributed by atoms with Crippen molar-refractivity contribution in [2.24, 2.45) is 0 Å². The van der Waals surface area contributed by atoms with Gasteiger partial charge < -0.3 is 10.2 Å². The molecule has 0 spiro atoms. The summed E-state index contributed by atoms with van der Waals surface area (Å²) in [5.41, 5.74) is 2.12. The highest BCUT2D eigenvalue weighted by atomic mass is 32.1. The van der Waals surface area contributed by atoms with E-state index in [9.17, 15) is 4.79 Å². The lowest BCUT2D eigenvalue weighted by Crippen LogP contribution is -2.33. The second-order valence-electron chi connectivity index (χ2n) is 5.64. The molecule has 1 aromatic heterocycles. The predicted molar refractivity (Wildman–Crippen MR) is 87.2 cm³/mol. The van der Waals surface area contributed by atoms with E-state index in [0.717, 1.165) is 31.2 Å². The number of rotatable bonds is 5. The minimum atomic E-state index is -0.0636. The van der Waals surface area contributed by atoms with Crippen LogP contribution < -0.4 is 5.32 Å². The Morgan fingerprint density at radius 3 is 2.95 bits per heavy atom. The molecule has 0 radical (unpaired) electrons. The Kier molecular flexibility index (Phi) is 4.80. The Balaban J connectivity index is 1.44. The molecule has 1 unspecified atom stereocenters. The lowest BCUT2D eigenvalue weighted by molar-refractivity contribution is 0.0953. The van der Waals surface area contributed by atoms with Crippen LogP contribution in [0.3, 0.4) is 0 Å². The number of amides is 1. The first kappa shape index (κ1) is 15.1. The second-order valence-corrected chi connectivity index (χ2v) is 6.39. The third kappa shape index (κ3) is 3.51. The highest BCUT2D eigenvalue weighted by Gasteiger charge is 2.23. The molecule has 1 aliphatic rings. The average Bonchev–Trinajstić information content (AvgIpc) is 3.17. The quantitative estimate of drug-likeness (QED) is 0.917. The molecular formula is C16H20N4OS. The Morgan fingerprint density at radius 2 is 2.23 bits per heavy atom. The van der Waals surface area contributed by atoms with Crippen LogP contribution in [0.15, 0.2) is 30.3 Å². The van der Waals surface area contributed by atoms with Crippen molar-refractivity contribution in [3.63, 3.8) is 0 Å². The normalized spacial score (nSPS) is 18.5. The minimum Gasteiger partial charge on any atom is -0.350 e. The van der Waals surface area contributed by atoms with E-state index in [4.69, 9.17) is 0 Å². The van der Waals surface area contributed by atoms with E-state index in [0.29, 0.717) is 23.0 Å². The van der Waals surface area contributed by atoms with Gasteiger partial charge in [0, 0.05) is 19.6 Å². The zero-order chi connectivity index (χ0) is 15.4. The fraction of sp³-hybridized carbons (Fsp3) is 0.438. The Bertz CT molecular complexity index is 628. The number of aromatic nitrogens is 2. The number of carbonyl (C=O) groups excluding carboxylic acids is 1. The molecule has 0 saturated carbocycles. The van der Waals surface area contributed by atoms with Gasteiger partial charge in [-0.25, -0.2) is 0 Å². The number of nitrogens with one attached hydrogen (secondary N) is 1. The lowest BCUT2D eigenvalue weighted by Gasteiger charge is -2.16. The summed E-state index contributed by atoms with van der Waals surface area (Å²) in [6.07, 6.45) is 1.19. The van der Waals surface area contributed by atoms with Gasteiger partial charge in [0.25, 0.3) is 5.91 Å². The number of nitrogens with zero attached hydrogens (tertiary/aromatic N) is 3. The molecular weight excluding hydrogens is 296 g/mol. The average molecular weight is 316 g/mol. The van der Waals surface area contributed by atoms with E-state index in [-0.39, 0.29) is 5.91 Å². The third-order valence-corrected chi connectivity index (χ3v) is 4.94. The maximum absolute atomic E-state index is 12.0. The summed E-state index contributed by atoms with van der Waals surface area (Å²) in [4.78, 5) is 15.0. The van der Waals surface area contributed by atoms with Crippen LogP contribution >= 0.6 is 11.5 Å². The summed E-state index contributed by atoms with van der Waals surface area (Å²) in [6, 6.07) is 10.7. The Morgan fingerprint density at radius 1 is 1.41 bits per heavy atom. The van der Waals surface area contributed by atoms with Crippen LogP contribution in [0.5, 0.6) is 0 Å². The molecule has 1 N–H and O–H groups in total. The standard InChI is InChI=1S/C16H20N4OS/c1-12-15(22-19-18-12)16(21)17-8-10-20-9-7-14(11-20)13-5-3-2-4-6-13/h2-6,14H,7-11H2,1H3,(H,17,21). The molecule has 1 saturated heterocycles. The van der Waals surface area contributed by atoms with Gasteiger partial charge in [-0.05, 0) is 42.9 Å². The Labute approximate surface area is 134 Å². The summed E-state index contributed by atoms with van der Waals surface area (Å²) in [5, 5.41) is 6.82.